The number of nitrogens with one attached hydrogen (secondary N) is 1. The molecular weight excluding hydrogens is 424 g/mol. The highest BCUT2D eigenvalue weighted by Gasteiger charge is 2.36. The van der Waals surface area contributed by atoms with E-state index in [1.54, 1.807) is 48.5 Å². The van der Waals surface area contributed by atoms with Crippen molar-refractivity contribution in [2.45, 2.75) is 26.4 Å². The zero-order valence-electron chi connectivity index (χ0n) is 15.4. The maximum Gasteiger partial charge on any atom is 0.335 e. The maximum absolute atomic E-state index is 12.8. The summed E-state index contributed by atoms with van der Waals surface area (Å²) in [6, 6.07) is 13.0. The quantitative estimate of drug-likeness (QED) is 0.553. The number of anilines is 1. The third kappa shape index (κ3) is 4.31. The number of benzene rings is 2. The van der Waals surface area contributed by atoms with Crippen molar-refractivity contribution in [3.63, 3.8) is 0 Å². The van der Waals surface area contributed by atoms with Crippen LogP contribution in [0.15, 0.2) is 58.6 Å². The molecule has 1 aliphatic heterocycles. The number of imide groups is 2. The normalized spacial score (nSPS) is 16.9. The van der Waals surface area contributed by atoms with Crippen molar-refractivity contribution in [1.82, 2.24) is 5.32 Å². The summed E-state index contributed by atoms with van der Waals surface area (Å²) in [5, 5.41) is 2.21. The first-order valence-electron chi connectivity index (χ1n) is 8.82. The van der Waals surface area contributed by atoms with Crippen LogP contribution < -0.4 is 15.0 Å². The molecule has 7 heteroatoms. The highest BCUT2D eigenvalue weighted by Crippen LogP contribution is 2.24. The molecule has 2 aromatic carbocycles. The fourth-order valence-corrected chi connectivity index (χ4v) is 2.87. The largest absolute Gasteiger partial charge is 0.491 e. The molecular formula is C21H19BrN2O4. The highest BCUT2D eigenvalue weighted by atomic mass is 79.9. The van der Waals surface area contributed by atoms with Gasteiger partial charge in [-0.1, -0.05) is 35.0 Å². The minimum Gasteiger partial charge on any atom is -0.491 e. The molecule has 0 saturated carbocycles. The lowest BCUT2D eigenvalue weighted by atomic mass is 10.1. The van der Waals surface area contributed by atoms with E-state index in [2.05, 4.69) is 21.2 Å². The van der Waals surface area contributed by atoms with Crippen molar-refractivity contribution >= 4 is 45.5 Å². The zero-order chi connectivity index (χ0) is 20.3. The number of carbonyl (C=O) groups excluding carboxylic acids is 3. The van der Waals surface area contributed by atoms with E-state index in [-0.39, 0.29) is 11.7 Å². The molecule has 1 aliphatic rings. The Hall–Kier alpha value is -2.93. The lowest BCUT2D eigenvalue weighted by Gasteiger charge is -2.26. The first-order chi connectivity index (χ1) is 13.4. The number of nitrogens with zero attached hydrogens (tertiary/aromatic N) is 1. The molecule has 4 amide bonds. The van der Waals surface area contributed by atoms with Crippen LogP contribution >= 0.6 is 15.9 Å². The van der Waals surface area contributed by atoms with Crippen molar-refractivity contribution < 1.29 is 19.1 Å². The lowest BCUT2D eigenvalue weighted by Crippen LogP contribution is -2.54. The summed E-state index contributed by atoms with van der Waals surface area (Å²) >= 11 is 3.31. The van der Waals surface area contributed by atoms with E-state index in [0.29, 0.717) is 17.0 Å². The van der Waals surface area contributed by atoms with Gasteiger partial charge in [-0.15, -0.1) is 0 Å². The minimum atomic E-state index is -0.772. The fourth-order valence-electron chi connectivity index (χ4n) is 2.61. The van der Waals surface area contributed by atoms with Crippen LogP contribution in [-0.2, 0) is 9.59 Å². The van der Waals surface area contributed by atoms with Crippen molar-refractivity contribution in [2.75, 3.05) is 4.90 Å². The van der Waals surface area contributed by atoms with Gasteiger partial charge in [-0.2, -0.15) is 0 Å². The van der Waals surface area contributed by atoms with Gasteiger partial charge in [0, 0.05) is 4.47 Å². The van der Waals surface area contributed by atoms with E-state index in [9.17, 15) is 14.4 Å². The van der Waals surface area contributed by atoms with Gasteiger partial charge in [-0.25, -0.2) is 9.69 Å². The molecule has 28 heavy (non-hydrogen) atoms. The molecule has 144 valence electrons. The number of urea groups is 1. The van der Waals surface area contributed by atoms with Crippen LogP contribution in [0.25, 0.3) is 6.08 Å². The monoisotopic (exact) mass is 442 g/mol. The molecule has 0 bridgehead atoms. The first kappa shape index (κ1) is 19.8. The van der Waals surface area contributed by atoms with E-state index in [1.165, 1.54) is 6.08 Å². The Bertz CT molecular complexity index is 936. The van der Waals surface area contributed by atoms with E-state index in [4.69, 9.17) is 4.74 Å². The standard InChI is InChI=1S/C21H19BrN2O4/c1-3-13(2)28-17-10-4-14(5-11-17)12-18-19(25)23-21(27)24(20(18)26)16-8-6-15(22)7-9-16/h4-13H,3H2,1-2H3,(H,23,25,27)/b18-12+/t13-/m0/s1. The molecule has 1 fully saturated rings. The van der Waals surface area contributed by atoms with Crippen molar-refractivity contribution in [3.8, 4) is 5.75 Å². The molecule has 1 heterocycles. The average Bonchev–Trinajstić information content (AvgIpc) is 2.67. The Morgan fingerprint density at radius 3 is 2.32 bits per heavy atom. The molecule has 0 aliphatic carbocycles. The Labute approximate surface area is 171 Å². The number of amides is 4. The highest BCUT2D eigenvalue weighted by molar-refractivity contribution is 9.10. The summed E-state index contributed by atoms with van der Waals surface area (Å²) in [6.07, 6.45) is 2.45. The van der Waals surface area contributed by atoms with Crippen molar-refractivity contribution in [3.05, 3.63) is 64.1 Å². The molecule has 1 N–H and O–H groups in total. The number of hydrogen-bond acceptors (Lipinski definition) is 4. The predicted molar refractivity (Wildman–Crippen MR) is 110 cm³/mol. The fraction of sp³-hybridized carbons (Fsp3) is 0.190. The van der Waals surface area contributed by atoms with E-state index >= 15 is 0 Å². The van der Waals surface area contributed by atoms with Gasteiger partial charge in [0.05, 0.1) is 11.8 Å². The van der Waals surface area contributed by atoms with Gasteiger partial charge in [0.1, 0.15) is 11.3 Å². The van der Waals surface area contributed by atoms with E-state index in [1.807, 2.05) is 13.8 Å². The summed E-state index contributed by atoms with van der Waals surface area (Å²) in [5.41, 5.74) is 0.916. The van der Waals surface area contributed by atoms with Gasteiger partial charge in [0.2, 0.25) is 0 Å². The molecule has 2 aromatic rings. The first-order valence-corrected chi connectivity index (χ1v) is 9.62. The molecule has 1 atom stereocenters. The van der Waals surface area contributed by atoms with Crippen molar-refractivity contribution in [2.24, 2.45) is 0 Å². The van der Waals surface area contributed by atoms with Crippen LogP contribution in [0, 0.1) is 0 Å². The number of hydrogen-bond donors (Lipinski definition) is 1. The van der Waals surface area contributed by atoms with Crippen LogP contribution in [0.4, 0.5) is 10.5 Å². The van der Waals surface area contributed by atoms with Gasteiger partial charge in [-0.05, 0) is 61.4 Å². The maximum atomic E-state index is 12.8. The number of carbonyl (C=O) groups is 3. The van der Waals surface area contributed by atoms with Gasteiger partial charge in [-0.3, -0.25) is 14.9 Å². The Morgan fingerprint density at radius 1 is 1.07 bits per heavy atom. The van der Waals surface area contributed by atoms with Crippen LogP contribution in [0.2, 0.25) is 0 Å². The van der Waals surface area contributed by atoms with E-state index < -0.39 is 17.8 Å². The second-order valence-corrected chi connectivity index (χ2v) is 7.26. The molecule has 6 nitrogen and oxygen atoms in total. The van der Waals surface area contributed by atoms with Crippen LogP contribution in [0.5, 0.6) is 5.75 Å². The molecule has 3 rings (SSSR count). The summed E-state index contributed by atoms with van der Waals surface area (Å²) in [7, 11) is 0. The Morgan fingerprint density at radius 2 is 1.71 bits per heavy atom. The van der Waals surface area contributed by atoms with Crippen LogP contribution in [0.1, 0.15) is 25.8 Å². The molecule has 0 aromatic heterocycles. The van der Waals surface area contributed by atoms with Crippen LogP contribution in [0.3, 0.4) is 0 Å². The summed E-state index contributed by atoms with van der Waals surface area (Å²) in [6.45, 7) is 4.02. The topological polar surface area (TPSA) is 75.7 Å². The number of barbiturate groups is 1. The second kappa shape index (κ2) is 8.39. The smallest absolute Gasteiger partial charge is 0.335 e. The van der Waals surface area contributed by atoms with Gasteiger partial charge in [0.15, 0.2) is 0 Å². The van der Waals surface area contributed by atoms with Gasteiger partial charge in [0.25, 0.3) is 11.8 Å². The SMILES string of the molecule is CC[C@H](C)Oc1ccc(/C=C2\C(=O)NC(=O)N(c3ccc(Br)cc3)C2=O)cc1. The lowest BCUT2D eigenvalue weighted by molar-refractivity contribution is -0.122. The average molecular weight is 443 g/mol. The zero-order valence-corrected chi connectivity index (χ0v) is 17.0. The Balaban J connectivity index is 1.87. The minimum absolute atomic E-state index is 0.0976. The van der Waals surface area contributed by atoms with Crippen LogP contribution in [-0.4, -0.2) is 23.9 Å². The summed E-state index contributed by atoms with van der Waals surface area (Å²) in [4.78, 5) is 38.2. The molecule has 1 saturated heterocycles. The Kier molecular flexibility index (Phi) is 5.94. The predicted octanol–water partition coefficient (Wildman–Crippen LogP) is 4.29. The molecule has 0 radical (unpaired) electrons. The number of ether oxygens (including phenoxy) is 1. The third-order valence-corrected chi connectivity index (χ3v) is 4.82. The van der Waals surface area contributed by atoms with Crippen molar-refractivity contribution in [1.29, 1.82) is 0 Å². The third-order valence-electron chi connectivity index (χ3n) is 4.29. The molecule has 0 unspecified atom stereocenters. The van der Waals surface area contributed by atoms with Gasteiger partial charge >= 0.3 is 6.03 Å². The summed E-state index contributed by atoms with van der Waals surface area (Å²) in [5.74, 6) is -0.679. The van der Waals surface area contributed by atoms with Gasteiger partial charge < -0.3 is 4.74 Å². The van der Waals surface area contributed by atoms with E-state index in [0.717, 1.165) is 15.8 Å². The number of rotatable bonds is 5. The number of halogens is 1. The second-order valence-electron chi connectivity index (χ2n) is 6.34. The summed E-state index contributed by atoms with van der Waals surface area (Å²) < 4.78 is 6.54. The molecule has 0 spiro atoms.